The molecule has 0 aliphatic heterocycles. The first-order chi connectivity index (χ1) is 9.56. The first-order valence-corrected chi connectivity index (χ1v) is 6.88. The van der Waals surface area contributed by atoms with Crippen molar-refractivity contribution in [2.45, 2.75) is 0 Å². The van der Waals surface area contributed by atoms with Crippen molar-refractivity contribution in [2.75, 3.05) is 5.32 Å². The summed E-state index contributed by atoms with van der Waals surface area (Å²) in [5, 5.41) is 4.03. The fourth-order valence-electron chi connectivity index (χ4n) is 1.52. The van der Waals surface area contributed by atoms with Crippen LogP contribution in [0, 0.1) is 0 Å². The summed E-state index contributed by atoms with van der Waals surface area (Å²) in [6.07, 6.45) is 3.10. The Morgan fingerprint density at radius 3 is 2.40 bits per heavy atom. The number of carbonyl (C=O) groups excluding carboxylic acids is 1. The lowest BCUT2D eigenvalue weighted by Gasteiger charge is -2.05. The standard InChI is InChI=1S/C15H10Cl3NO/c16-11-7-4-10(5-8-11)6-9-14(20)19-13-3-1-2-12(17)15(13)18/h1-9H,(H,19,20). The lowest BCUT2D eigenvalue weighted by molar-refractivity contribution is -0.111. The van der Waals surface area contributed by atoms with Gasteiger partial charge in [0.1, 0.15) is 0 Å². The molecule has 2 aromatic rings. The average Bonchev–Trinajstić information content (AvgIpc) is 2.43. The molecule has 2 aromatic carbocycles. The fraction of sp³-hybridized carbons (Fsp3) is 0. The van der Waals surface area contributed by atoms with Crippen LogP contribution in [0.25, 0.3) is 6.08 Å². The van der Waals surface area contributed by atoms with Crippen molar-refractivity contribution in [1.82, 2.24) is 0 Å². The minimum Gasteiger partial charge on any atom is -0.321 e. The van der Waals surface area contributed by atoms with Crippen molar-refractivity contribution < 1.29 is 4.79 Å². The molecule has 102 valence electrons. The molecular weight excluding hydrogens is 317 g/mol. The van der Waals surface area contributed by atoms with Crippen molar-refractivity contribution >= 4 is 52.5 Å². The maximum absolute atomic E-state index is 11.8. The van der Waals surface area contributed by atoms with E-state index in [1.165, 1.54) is 6.08 Å². The van der Waals surface area contributed by atoms with Gasteiger partial charge in [0.25, 0.3) is 0 Å². The highest BCUT2D eigenvalue weighted by Gasteiger charge is 2.05. The molecular formula is C15H10Cl3NO. The highest BCUT2D eigenvalue weighted by molar-refractivity contribution is 6.44. The lowest BCUT2D eigenvalue weighted by atomic mass is 10.2. The van der Waals surface area contributed by atoms with Gasteiger partial charge in [-0.05, 0) is 35.9 Å². The van der Waals surface area contributed by atoms with Crippen LogP contribution in [0.5, 0.6) is 0 Å². The zero-order chi connectivity index (χ0) is 14.5. The number of amides is 1. The van der Waals surface area contributed by atoms with Gasteiger partial charge in [-0.3, -0.25) is 4.79 Å². The van der Waals surface area contributed by atoms with E-state index in [4.69, 9.17) is 34.8 Å². The van der Waals surface area contributed by atoms with Crippen molar-refractivity contribution in [3.05, 3.63) is 69.2 Å². The van der Waals surface area contributed by atoms with Crippen molar-refractivity contribution in [3.8, 4) is 0 Å². The summed E-state index contributed by atoms with van der Waals surface area (Å²) in [6.45, 7) is 0. The molecule has 0 aliphatic rings. The molecule has 0 fully saturated rings. The van der Waals surface area contributed by atoms with Crippen LogP contribution in [0.1, 0.15) is 5.56 Å². The minimum absolute atomic E-state index is 0.288. The van der Waals surface area contributed by atoms with E-state index < -0.39 is 0 Å². The molecule has 0 atom stereocenters. The number of nitrogens with one attached hydrogen (secondary N) is 1. The Morgan fingerprint density at radius 2 is 1.70 bits per heavy atom. The van der Waals surface area contributed by atoms with Crippen molar-refractivity contribution in [2.24, 2.45) is 0 Å². The summed E-state index contributed by atoms with van der Waals surface area (Å²) in [5.74, 6) is -0.288. The zero-order valence-corrected chi connectivity index (χ0v) is 12.5. The first kappa shape index (κ1) is 14.9. The minimum atomic E-state index is -0.288. The van der Waals surface area contributed by atoms with E-state index in [1.807, 2.05) is 12.1 Å². The molecule has 5 heteroatoms. The second-order valence-corrected chi connectivity index (χ2v) is 5.20. The summed E-state index contributed by atoms with van der Waals surface area (Å²) in [4.78, 5) is 11.8. The number of hydrogen-bond donors (Lipinski definition) is 1. The molecule has 2 rings (SSSR count). The van der Waals surface area contributed by atoms with Gasteiger partial charge in [-0.25, -0.2) is 0 Å². The van der Waals surface area contributed by atoms with Crippen LogP contribution in [0.4, 0.5) is 5.69 Å². The Morgan fingerprint density at radius 1 is 1.00 bits per heavy atom. The Balaban J connectivity index is 2.05. The molecule has 0 unspecified atom stereocenters. The molecule has 0 heterocycles. The Bertz CT molecular complexity index is 651. The van der Waals surface area contributed by atoms with Gasteiger partial charge in [0, 0.05) is 11.1 Å². The van der Waals surface area contributed by atoms with Crippen LogP contribution in [-0.4, -0.2) is 5.91 Å². The highest BCUT2D eigenvalue weighted by atomic mass is 35.5. The molecule has 0 saturated heterocycles. The second-order valence-electron chi connectivity index (χ2n) is 3.98. The molecule has 1 N–H and O–H groups in total. The van der Waals surface area contributed by atoms with Crippen LogP contribution in [0.3, 0.4) is 0 Å². The van der Waals surface area contributed by atoms with E-state index in [0.29, 0.717) is 20.8 Å². The summed E-state index contributed by atoms with van der Waals surface area (Å²) >= 11 is 17.6. The summed E-state index contributed by atoms with van der Waals surface area (Å²) in [7, 11) is 0. The maximum atomic E-state index is 11.8. The van der Waals surface area contributed by atoms with Gasteiger partial charge in [0.2, 0.25) is 5.91 Å². The molecule has 0 bridgehead atoms. The van der Waals surface area contributed by atoms with Gasteiger partial charge >= 0.3 is 0 Å². The van der Waals surface area contributed by atoms with E-state index >= 15 is 0 Å². The van der Waals surface area contributed by atoms with Crippen LogP contribution < -0.4 is 5.32 Å². The van der Waals surface area contributed by atoms with Crippen LogP contribution in [0.15, 0.2) is 48.5 Å². The Hall–Kier alpha value is -1.48. The summed E-state index contributed by atoms with van der Waals surface area (Å²) in [6, 6.07) is 12.2. The van der Waals surface area contributed by atoms with Crippen LogP contribution in [-0.2, 0) is 4.79 Å². The maximum Gasteiger partial charge on any atom is 0.248 e. The van der Waals surface area contributed by atoms with Crippen LogP contribution >= 0.6 is 34.8 Å². The fourth-order valence-corrected chi connectivity index (χ4v) is 1.99. The molecule has 0 saturated carbocycles. The molecule has 0 radical (unpaired) electrons. The number of rotatable bonds is 3. The molecule has 0 aliphatic carbocycles. The number of benzene rings is 2. The molecule has 0 aromatic heterocycles. The summed E-state index contributed by atoms with van der Waals surface area (Å²) in [5.41, 5.74) is 1.35. The normalized spacial score (nSPS) is 10.8. The third kappa shape index (κ3) is 4.01. The number of halogens is 3. The van der Waals surface area contributed by atoms with Crippen molar-refractivity contribution in [1.29, 1.82) is 0 Å². The number of carbonyl (C=O) groups is 1. The van der Waals surface area contributed by atoms with Gasteiger partial charge in [0.15, 0.2) is 0 Å². The molecule has 20 heavy (non-hydrogen) atoms. The van der Waals surface area contributed by atoms with E-state index in [-0.39, 0.29) is 5.91 Å². The molecule has 2 nitrogen and oxygen atoms in total. The predicted molar refractivity (Wildman–Crippen MR) is 85.6 cm³/mol. The van der Waals surface area contributed by atoms with E-state index in [9.17, 15) is 4.79 Å². The Kier molecular flexibility index (Phi) is 5.07. The number of hydrogen-bond acceptors (Lipinski definition) is 1. The van der Waals surface area contributed by atoms with E-state index in [0.717, 1.165) is 5.56 Å². The summed E-state index contributed by atoms with van der Waals surface area (Å²) < 4.78 is 0. The molecule has 1 amide bonds. The third-order valence-corrected chi connectivity index (χ3v) is 3.58. The Labute approximate surface area is 132 Å². The van der Waals surface area contributed by atoms with Crippen LogP contribution in [0.2, 0.25) is 15.1 Å². The van der Waals surface area contributed by atoms with Crippen molar-refractivity contribution in [3.63, 3.8) is 0 Å². The van der Waals surface area contributed by atoms with E-state index in [1.54, 1.807) is 36.4 Å². The highest BCUT2D eigenvalue weighted by Crippen LogP contribution is 2.29. The smallest absolute Gasteiger partial charge is 0.248 e. The van der Waals surface area contributed by atoms with Gasteiger partial charge in [0.05, 0.1) is 15.7 Å². The second kappa shape index (κ2) is 6.80. The first-order valence-electron chi connectivity index (χ1n) is 5.75. The van der Waals surface area contributed by atoms with E-state index in [2.05, 4.69) is 5.32 Å². The van der Waals surface area contributed by atoms with Gasteiger partial charge in [-0.1, -0.05) is 53.0 Å². The number of anilines is 1. The quantitative estimate of drug-likeness (QED) is 0.762. The van der Waals surface area contributed by atoms with Gasteiger partial charge in [-0.15, -0.1) is 0 Å². The zero-order valence-electron chi connectivity index (χ0n) is 10.2. The lowest BCUT2D eigenvalue weighted by Crippen LogP contribution is -2.08. The molecule has 0 spiro atoms. The third-order valence-electron chi connectivity index (χ3n) is 2.51. The topological polar surface area (TPSA) is 29.1 Å². The average molecular weight is 327 g/mol. The largest absolute Gasteiger partial charge is 0.321 e. The monoisotopic (exact) mass is 325 g/mol. The predicted octanol–water partition coefficient (Wildman–Crippen LogP) is 5.30. The SMILES string of the molecule is O=C(C=Cc1ccc(Cl)cc1)Nc1cccc(Cl)c1Cl. The van der Waals surface area contributed by atoms with Gasteiger partial charge in [-0.2, -0.15) is 0 Å². The van der Waals surface area contributed by atoms with Gasteiger partial charge < -0.3 is 5.32 Å².